The molecule has 0 radical (unpaired) electrons. The van der Waals surface area contributed by atoms with Crippen molar-refractivity contribution in [3.63, 3.8) is 0 Å². The van der Waals surface area contributed by atoms with Crippen LogP contribution in [-0.4, -0.2) is 0 Å². The molecule has 0 atom stereocenters. The van der Waals surface area contributed by atoms with E-state index in [4.69, 9.17) is 13.7 Å². The molecule has 2 rings (SSSR count). The quantitative estimate of drug-likeness (QED) is 0.449. The van der Waals surface area contributed by atoms with Crippen LogP contribution in [0.2, 0.25) is 0 Å². The van der Waals surface area contributed by atoms with Gasteiger partial charge in [0.15, 0.2) is 0 Å². The number of rotatable bonds is 0. The van der Waals surface area contributed by atoms with Gasteiger partial charge in [-0.1, -0.05) is 0 Å². The molecule has 0 aliphatic rings. The Bertz CT molecular complexity index is 424. The van der Waals surface area contributed by atoms with Crippen LogP contribution in [0.15, 0.2) is 60.4 Å². The van der Waals surface area contributed by atoms with E-state index in [1.165, 1.54) is 0 Å². The van der Waals surface area contributed by atoms with E-state index in [1.54, 1.807) is 0 Å². The molecule has 0 aliphatic heterocycles. The first-order valence-corrected chi connectivity index (χ1v) is 2.50. The predicted molar refractivity (Wildman–Crippen MR) is 44.1 cm³/mol. The minimum Gasteiger partial charge on any atom is -0.214 e. The van der Waals surface area contributed by atoms with Gasteiger partial charge >= 0.3 is 17.1 Å². The van der Waals surface area contributed by atoms with Crippen molar-refractivity contribution in [2.75, 3.05) is 0 Å². The van der Waals surface area contributed by atoms with Gasteiger partial charge in [-0.2, -0.15) is 36.3 Å². The standard InChI is InChI=1S/2C5H5.Fe/c2*1-2-4-5-3-1;/h2*1-5H;/q2*-1;+2/i2*1D,2D,3D,4D,5D;. The maximum absolute atomic E-state index is 6.99. The van der Waals surface area contributed by atoms with Gasteiger partial charge in [0.05, 0.1) is 0 Å². The van der Waals surface area contributed by atoms with Gasteiger partial charge < -0.3 is 0 Å². The van der Waals surface area contributed by atoms with Crippen LogP contribution in [0.25, 0.3) is 0 Å². The Hall–Kier alpha value is -0.781. The third-order valence-electron chi connectivity index (χ3n) is 0.625. The largest absolute Gasteiger partial charge is 2.00 e. The normalized spacial score (nSPS) is 20.0. The fourth-order valence-electron chi connectivity index (χ4n) is 0.312. The van der Waals surface area contributed by atoms with Crippen molar-refractivity contribution in [1.82, 2.24) is 0 Å². The van der Waals surface area contributed by atoms with E-state index in [0.29, 0.717) is 0 Å². The summed E-state index contributed by atoms with van der Waals surface area (Å²) in [6.45, 7) is 0. The molecule has 0 spiro atoms. The average molecular weight is 196 g/mol. The summed E-state index contributed by atoms with van der Waals surface area (Å²) in [6, 6.07) is -3.24. The topological polar surface area (TPSA) is 0 Å². The Morgan fingerprint density at radius 3 is 1.18 bits per heavy atom. The second-order valence-corrected chi connectivity index (χ2v) is 1.25. The monoisotopic (exact) mass is 196 g/mol. The molecular weight excluding hydrogens is 176 g/mol. The number of hydrogen-bond donors (Lipinski definition) is 0. The number of hydrogen-bond acceptors (Lipinski definition) is 0. The van der Waals surface area contributed by atoms with E-state index in [0.717, 1.165) is 0 Å². The molecule has 0 nitrogen and oxygen atoms in total. The summed E-state index contributed by atoms with van der Waals surface area (Å²) in [7, 11) is 0. The van der Waals surface area contributed by atoms with Gasteiger partial charge in [-0.3, -0.25) is 0 Å². The molecular formula is C10H10Fe. The Labute approximate surface area is 92.1 Å². The van der Waals surface area contributed by atoms with Gasteiger partial charge in [-0.05, 0) is 8.22 Å². The van der Waals surface area contributed by atoms with Crippen molar-refractivity contribution in [3.8, 4) is 0 Å². The Morgan fingerprint density at radius 1 is 0.818 bits per heavy atom. The van der Waals surface area contributed by atoms with Crippen LogP contribution in [0.1, 0.15) is 13.7 Å². The maximum atomic E-state index is 6.99. The maximum Gasteiger partial charge on any atom is 2.00 e. The van der Waals surface area contributed by atoms with Crippen LogP contribution >= 0.6 is 0 Å². The minimum absolute atomic E-state index is 0. The van der Waals surface area contributed by atoms with Crippen LogP contribution in [0.3, 0.4) is 0 Å². The molecule has 1 heteroatoms. The molecule has 0 fully saturated rings. The van der Waals surface area contributed by atoms with Gasteiger partial charge in [0.25, 0.3) is 0 Å². The third-order valence-corrected chi connectivity index (χ3v) is 0.625. The average Bonchev–Trinajstić information content (AvgIpc) is 2.71. The summed E-state index contributed by atoms with van der Waals surface area (Å²) in [5, 5.41) is 0. The molecule has 2 aromatic rings. The predicted octanol–water partition coefficient (Wildman–Crippen LogP) is 2.81. The van der Waals surface area contributed by atoms with E-state index in [2.05, 4.69) is 0 Å². The zero-order chi connectivity index (χ0) is 15.8. The summed E-state index contributed by atoms with van der Waals surface area (Å²) in [6.07, 6.45) is 0. The molecule has 0 bridgehead atoms. The molecule has 0 amide bonds. The second-order valence-electron chi connectivity index (χ2n) is 1.25. The molecule has 0 aliphatic carbocycles. The Balaban J connectivity index is 0.000000364. The summed E-state index contributed by atoms with van der Waals surface area (Å²) in [5.74, 6) is 0. The van der Waals surface area contributed by atoms with E-state index in [1.807, 2.05) is 0 Å². The molecule has 0 N–H and O–H groups in total. The molecule has 0 saturated carbocycles. The molecule has 0 saturated heterocycles. The van der Waals surface area contributed by atoms with Crippen LogP contribution < -0.4 is 0 Å². The van der Waals surface area contributed by atoms with Crippen molar-refractivity contribution < 1.29 is 30.8 Å². The minimum atomic E-state index is -0.324. The van der Waals surface area contributed by atoms with E-state index in [9.17, 15) is 0 Å². The van der Waals surface area contributed by atoms with Gasteiger partial charge in [0.2, 0.25) is 0 Å². The molecule has 11 heavy (non-hydrogen) atoms. The molecule has 0 unspecified atom stereocenters. The fourth-order valence-corrected chi connectivity index (χ4v) is 0.312. The van der Waals surface area contributed by atoms with Gasteiger partial charge in [-0.25, -0.2) is 24.2 Å². The first kappa shape index (κ1) is 2.35. The summed E-state index contributed by atoms with van der Waals surface area (Å²) >= 11 is 0. The van der Waals surface area contributed by atoms with Crippen LogP contribution in [-0.2, 0) is 17.1 Å². The van der Waals surface area contributed by atoms with E-state index < -0.39 is 0 Å². The zero-order valence-corrected chi connectivity index (χ0v) is 6.46. The van der Waals surface area contributed by atoms with Crippen LogP contribution in [0.4, 0.5) is 0 Å². The smallest absolute Gasteiger partial charge is 0.214 e. The van der Waals surface area contributed by atoms with Crippen LogP contribution in [0.5, 0.6) is 0 Å². The van der Waals surface area contributed by atoms with Crippen molar-refractivity contribution in [2.24, 2.45) is 0 Å². The van der Waals surface area contributed by atoms with Crippen molar-refractivity contribution in [3.05, 3.63) is 60.4 Å². The van der Waals surface area contributed by atoms with Gasteiger partial charge in [-0.15, -0.1) is 0 Å². The summed E-state index contributed by atoms with van der Waals surface area (Å²) < 4.78 is 69.9. The first-order valence-electron chi connectivity index (χ1n) is 7.50. The fraction of sp³-hybridized carbons (Fsp3) is 0. The molecule has 0 heterocycles. The Morgan fingerprint density at radius 2 is 1.09 bits per heavy atom. The van der Waals surface area contributed by atoms with Gasteiger partial charge in [0.1, 0.15) is 0 Å². The van der Waals surface area contributed by atoms with Crippen LogP contribution in [0, 0.1) is 0 Å². The van der Waals surface area contributed by atoms with E-state index in [-0.39, 0.29) is 77.5 Å². The van der Waals surface area contributed by atoms with E-state index >= 15 is 0 Å². The second kappa shape index (κ2) is 7.33. The summed E-state index contributed by atoms with van der Waals surface area (Å²) in [5.41, 5.74) is 0. The zero-order valence-electron chi connectivity index (χ0n) is 15.4. The van der Waals surface area contributed by atoms with Crippen molar-refractivity contribution in [2.45, 2.75) is 0 Å². The first-order chi connectivity index (χ1) is 9.11. The SMILES string of the molecule is [2H]c1c([2H])c([2H])[c-]([2H])c1[2H].[2H]c1c([2H])c([2H])[c-]([2H])c1[2H].[Fe+2]. The summed E-state index contributed by atoms with van der Waals surface area (Å²) in [4.78, 5) is 0. The molecule has 0 aromatic heterocycles. The van der Waals surface area contributed by atoms with Gasteiger partial charge in [0, 0.05) is 5.48 Å². The molecule has 2 aromatic carbocycles. The van der Waals surface area contributed by atoms with Crippen molar-refractivity contribution in [1.29, 1.82) is 0 Å². The molecule has 58 valence electrons. The Kier molecular flexibility index (Phi) is 1.57. The van der Waals surface area contributed by atoms with Crippen molar-refractivity contribution >= 4 is 0 Å². The third kappa shape index (κ3) is 5.65.